The van der Waals surface area contributed by atoms with E-state index in [4.69, 9.17) is 21.1 Å². The van der Waals surface area contributed by atoms with Crippen molar-refractivity contribution in [3.63, 3.8) is 0 Å². The van der Waals surface area contributed by atoms with Gasteiger partial charge in [-0.1, -0.05) is 24.2 Å². The summed E-state index contributed by atoms with van der Waals surface area (Å²) in [7, 11) is 2.00. The van der Waals surface area contributed by atoms with Crippen molar-refractivity contribution >= 4 is 51.3 Å². The number of nitrogens with one attached hydrogen (secondary N) is 2. The Bertz CT molecular complexity index is 1510. The topological polar surface area (TPSA) is 105 Å². The quantitative estimate of drug-likeness (QED) is 0.243. The number of aromatic nitrogens is 3. The Hall–Kier alpha value is -4.25. The Morgan fingerprint density at radius 3 is 2.78 bits per heavy atom. The van der Waals surface area contributed by atoms with Gasteiger partial charge in [0.15, 0.2) is 0 Å². The molecular formula is C30H32ClN7O3. The summed E-state index contributed by atoms with van der Waals surface area (Å²) in [5.41, 5.74) is 3.75. The molecule has 41 heavy (non-hydrogen) atoms. The van der Waals surface area contributed by atoms with Crippen molar-refractivity contribution in [2.24, 2.45) is 0 Å². The molecule has 3 heterocycles. The molecule has 1 fully saturated rings. The van der Waals surface area contributed by atoms with Crippen molar-refractivity contribution in [1.29, 1.82) is 0 Å². The minimum absolute atomic E-state index is 0.299. The molecule has 212 valence electrons. The highest BCUT2D eigenvalue weighted by atomic mass is 35.5. The number of amides is 1. The zero-order valence-corrected chi connectivity index (χ0v) is 23.6. The molecule has 0 saturated carbocycles. The Balaban J connectivity index is 1.37. The average Bonchev–Trinajstić information content (AvgIpc) is 3.00. The number of pyridine rings is 1. The van der Waals surface area contributed by atoms with Crippen LogP contribution in [0.3, 0.4) is 0 Å². The van der Waals surface area contributed by atoms with Crippen LogP contribution < -0.4 is 20.3 Å². The summed E-state index contributed by atoms with van der Waals surface area (Å²) in [6.45, 7) is 8.89. The van der Waals surface area contributed by atoms with E-state index >= 15 is 0 Å². The number of anilines is 4. The van der Waals surface area contributed by atoms with Gasteiger partial charge in [0.05, 0.1) is 40.8 Å². The SMILES string of the molecule is C=CC(=O)Nc1cc2c(Nc3ccc(OCc4ccccn4)c(Cl)c3)ncnc2cc1N(C)CCN1CCOCC1. The Morgan fingerprint density at radius 2 is 2.02 bits per heavy atom. The van der Waals surface area contributed by atoms with Crippen molar-refractivity contribution in [1.82, 2.24) is 19.9 Å². The van der Waals surface area contributed by atoms with Gasteiger partial charge in [-0.15, -0.1) is 0 Å². The van der Waals surface area contributed by atoms with Crippen LogP contribution in [0.2, 0.25) is 5.02 Å². The van der Waals surface area contributed by atoms with Gasteiger partial charge in [0.1, 0.15) is 24.5 Å². The predicted molar refractivity (Wildman–Crippen MR) is 162 cm³/mol. The van der Waals surface area contributed by atoms with Crippen LogP contribution in [0.4, 0.5) is 22.9 Å². The van der Waals surface area contributed by atoms with Crippen LogP contribution in [0.25, 0.3) is 10.9 Å². The molecular weight excluding hydrogens is 542 g/mol. The Morgan fingerprint density at radius 1 is 1.17 bits per heavy atom. The molecule has 1 aliphatic rings. The number of ether oxygens (including phenoxy) is 2. The maximum atomic E-state index is 12.3. The summed E-state index contributed by atoms with van der Waals surface area (Å²) in [4.78, 5) is 30.1. The second-order valence-electron chi connectivity index (χ2n) is 9.56. The highest BCUT2D eigenvalue weighted by molar-refractivity contribution is 6.32. The van der Waals surface area contributed by atoms with Crippen LogP contribution in [0.5, 0.6) is 5.75 Å². The lowest BCUT2D eigenvalue weighted by molar-refractivity contribution is -0.111. The fraction of sp³-hybridized carbons (Fsp3) is 0.267. The highest BCUT2D eigenvalue weighted by Gasteiger charge is 2.17. The molecule has 10 nitrogen and oxygen atoms in total. The monoisotopic (exact) mass is 573 g/mol. The number of hydrogen-bond donors (Lipinski definition) is 2. The number of hydrogen-bond acceptors (Lipinski definition) is 9. The molecule has 1 aliphatic heterocycles. The first-order valence-electron chi connectivity index (χ1n) is 13.3. The number of fused-ring (bicyclic) bond motifs is 1. The summed E-state index contributed by atoms with van der Waals surface area (Å²) < 4.78 is 11.3. The number of carbonyl (C=O) groups excluding carboxylic acids is 1. The lowest BCUT2D eigenvalue weighted by Crippen LogP contribution is -2.40. The molecule has 0 unspecified atom stereocenters. The van der Waals surface area contributed by atoms with Gasteiger partial charge in [-0.2, -0.15) is 0 Å². The lowest BCUT2D eigenvalue weighted by Gasteiger charge is -2.30. The summed E-state index contributed by atoms with van der Waals surface area (Å²) in [6, 6.07) is 14.9. The van der Waals surface area contributed by atoms with Gasteiger partial charge >= 0.3 is 0 Å². The molecule has 0 spiro atoms. The minimum atomic E-state index is -0.299. The molecule has 4 aromatic rings. The van der Waals surface area contributed by atoms with Gasteiger partial charge in [0.2, 0.25) is 5.91 Å². The van der Waals surface area contributed by atoms with E-state index < -0.39 is 0 Å². The number of nitrogens with zero attached hydrogens (tertiary/aromatic N) is 5. The van der Waals surface area contributed by atoms with E-state index in [-0.39, 0.29) is 5.91 Å². The Labute approximate surface area is 244 Å². The second kappa shape index (κ2) is 13.4. The fourth-order valence-electron chi connectivity index (χ4n) is 4.50. The molecule has 0 aliphatic carbocycles. The number of carbonyl (C=O) groups is 1. The summed E-state index contributed by atoms with van der Waals surface area (Å²) >= 11 is 6.53. The molecule has 0 atom stereocenters. The van der Waals surface area contributed by atoms with Crippen molar-refractivity contribution in [2.45, 2.75) is 6.61 Å². The fourth-order valence-corrected chi connectivity index (χ4v) is 4.73. The van der Waals surface area contributed by atoms with Gasteiger partial charge in [-0.25, -0.2) is 9.97 Å². The smallest absolute Gasteiger partial charge is 0.247 e. The second-order valence-corrected chi connectivity index (χ2v) is 9.96. The van der Waals surface area contributed by atoms with Crippen LogP contribution in [0.1, 0.15) is 5.69 Å². The summed E-state index contributed by atoms with van der Waals surface area (Å²) in [5.74, 6) is 0.825. The zero-order valence-electron chi connectivity index (χ0n) is 22.8. The van der Waals surface area contributed by atoms with Crippen LogP contribution in [-0.4, -0.2) is 72.2 Å². The molecule has 1 amide bonds. The van der Waals surface area contributed by atoms with Crippen LogP contribution in [0, 0.1) is 0 Å². The first-order chi connectivity index (χ1) is 20.0. The first kappa shape index (κ1) is 28.3. The standard InChI is InChI=1S/C30H32ClN7O3/c1-3-29(39)36-26-17-23-25(18-27(26)37(2)10-11-38-12-14-40-15-13-38)33-20-34-30(23)35-21-7-8-28(24(31)16-21)41-19-22-6-4-5-9-32-22/h3-9,16-18,20H,1,10-15,19H2,2H3,(H,36,39)(H,33,34,35). The van der Waals surface area contributed by atoms with Crippen molar-refractivity contribution in [2.75, 3.05) is 62.0 Å². The third kappa shape index (κ3) is 7.29. The molecule has 5 rings (SSSR count). The average molecular weight is 574 g/mol. The number of halogens is 1. The van der Waals surface area contributed by atoms with E-state index in [1.807, 2.05) is 43.4 Å². The maximum Gasteiger partial charge on any atom is 0.247 e. The van der Waals surface area contributed by atoms with Crippen LogP contribution in [0.15, 0.2) is 73.7 Å². The van der Waals surface area contributed by atoms with Crippen molar-refractivity contribution in [3.05, 3.63) is 84.4 Å². The van der Waals surface area contributed by atoms with Gasteiger partial charge in [0, 0.05) is 50.5 Å². The highest BCUT2D eigenvalue weighted by Crippen LogP contribution is 2.35. The summed E-state index contributed by atoms with van der Waals surface area (Å²) in [6.07, 6.45) is 4.48. The van der Waals surface area contributed by atoms with E-state index in [1.54, 1.807) is 18.3 Å². The Kier molecular flexibility index (Phi) is 9.25. The summed E-state index contributed by atoms with van der Waals surface area (Å²) in [5, 5.41) is 7.47. The molecule has 0 radical (unpaired) electrons. The van der Waals surface area contributed by atoms with Crippen LogP contribution >= 0.6 is 11.6 Å². The number of morpholine rings is 1. The van der Waals surface area contributed by atoms with E-state index in [0.717, 1.165) is 67.4 Å². The van der Waals surface area contributed by atoms with E-state index in [9.17, 15) is 4.79 Å². The largest absolute Gasteiger partial charge is 0.486 e. The number of rotatable bonds is 11. The van der Waals surface area contributed by atoms with Crippen LogP contribution in [-0.2, 0) is 16.1 Å². The molecule has 0 bridgehead atoms. The first-order valence-corrected chi connectivity index (χ1v) is 13.7. The molecule has 11 heteroatoms. The predicted octanol–water partition coefficient (Wildman–Crippen LogP) is 4.89. The third-order valence-electron chi connectivity index (χ3n) is 6.76. The molecule has 1 saturated heterocycles. The molecule has 2 aromatic heterocycles. The third-order valence-corrected chi connectivity index (χ3v) is 7.05. The molecule has 2 aromatic carbocycles. The van der Waals surface area contributed by atoms with Crippen molar-refractivity contribution < 1.29 is 14.3 Å². The minimum Gasteiger partial charge on any atom is -0.486 e. The zero-order chi connectivity index (χ0) is 28.6. The number of likely N-dealkylation sites (N-methyl/N-ethyl adjacent to an activating group) is 1. The van der Waals surface area contributed by atoms with Crippen molar-refractivity contribution in [3.8, 4) is 5.75 Å². The lowest BCUT2D eigenvalue weighted by atomic mass is 10.1. The van der Waals surface area contributed by atoms with E-state index in [0.29, 0.717) is 28.9 Å². The van der Waals surface area contributed by atoms with Gasteiger partial charge in [-0.05, 0) is 48.5 Å². The van der Waals surface area contributed by atoms with E-state index in [2.05, 4.69) is 42.0 Å². The number of benzene rings is 2. The normalized spacial score (nSPS) is 13.5. The van der Waals surface area contributed by atoms with Gasteiger partial charge < -0.3 is 25.0 Å². The van der Waals surface area contributed by atoms with E-state index in [1.165, 1.54) is 12.4 Å². The van der Waals surface area contributed by atoms with Gasteiger partial charge in [-0.3, -0.25) is 14.7 Å². The van der Waals surface area contributed by atoms with Gasteiger partial charge in [0.25, 0.3) is 0 Å². The molecule has 2 N–H and O–H groups in total. The maximum absolute atomic E-state index is 12.3.